The Hall–Kier alpha value is -1.70. The fourth-order valence-electron chi connectivity index (χ4n) is 3.43. The van der Waals surface area contributed by atoms with Gasteiger partial charge in [-0.05, 0) is 48.7 Å². The predicted molar refractivity (Wildman–Crippen MR) is 143 cm³/mol. The number of aromatic amines is 1. The zero-order valence-corrected chi connectivity index (χ0v) is 25.2. The molecule has 35 heavy (non-hydrogen) atoms. The van der Waals surface area contributed by atoms with Crippen LogP contribution in [-0.2, 0) is 13.6 Å². The molecule has 2 rings (SSSR count). The molecule has 1 fully saturated rings. The lowest BCUT2D eigenvalue weighted by atomic mass is 9.98. The summed E-state index contributed by atoms with van der Waals surface area (Å²) in [6, 6.07) is 0. The molecule has 3 atom stereocenters. The second-order valence-electron chi connectivity index (χ2n) is 12.7. The Bertz CT molecular complexity index is 1080. The third-order valence-corrected chi connectivity index (χ3v) is 16.9. The number of nitrogens with one attached hydrogen (secondary N) is 1. The van der Waals surface area contributed by atoms with Crippen molar-refractivity contribution < 1.29 is 13.6 Å². The van der Waals surface area contributed by atoms with Gasteiger partial charge >= 0.3 is 5.69 Å². The Labute approximate surface area is 210 Å². The van der Waals surface area contributed by atoms with E-state index in [-0.39, 0.29) is 23.2 Å². The van der Waals surface area contributed by atoms with Crippen LogP contribution in [0.2, 0.25) is 36.3 Å². The minimum Gasteiger partial charge on any atom is -0.414 e. The van der Waals surface area contributed by atoms with Crippen LogP contribution in [0.15, 0.2) is 20.9 Å². The lowest BCUT2D eigenvalue weighted by molar-refractivity contribution is -0.116. The highest BCUT2D eigenvalue weighted by Gasteiger charge is 2.54. The molecule has 1 aliphatic rings. The van der Waals surface area contributed by atoms with Gasteiger partial charge in [0.2, 0.25) is 0 Å². The van der Waals surface area contributed by atoms with Crippen molar-refractivity contribution in [3.05, 3.63) is 43.0 Å². The van der Waals surface area contributed by atoms with Crippen LogP contribution >= 0.6 is 0 Å². The van der Waals surface area contributed by atoms with Crippen LogP contribution < -0.4 is 11.2 Å². The highest BCUT2D eigenvalue weighted by Crippen LogP contribution is 2.46. The van der Waals surface area contributed by atoms with Crippen LogP contribution in [0.25, 0.3) is 10.4 Å². The second kappa shape index (κ2) is 9.99. The molecule has 0 saturated carbocycles. The molecule has 198 valence electrons. The molecule has 12 heteroatoms. The number of nitrogens with zero attached hydrogens (tertiary/aromatic N) is 4. The van der Waals surface area contributed by atoms with Gasteiger partial charge in [0.15, 0.2) is 16.6 Å². The Morgan fingerprint density at radius 1 is 1.17 bits per heavy atom. The Morgan fingerprint density at radius 3 is 2.26 bits per heavy atom. The summed E-state index contributed by atoms with van der Waals surface area (Å²) < 4.78 is 21.4. The monoisotopic (exact) mass is 525 g/mol. The highest BCUT2D eigenvalue weighted by atomic mass is 28.4. The molecule has 0 aliphatic carbocycles. The molecule has 1 aliphatic heterocycles. The third kappa shape index (κ3) is 6.36. The van der Waals surface area contributed by atoms with Crippen molar-refractivity contribution >= 4 is 16.6 Å². The predicted octanol–water partition coefficient (Wildman–Crippen LogP) is 5.23. The van der Waals surface area contributed by atoms with Crippen molar-refractivity contribution in [2.24, 2.45) is 5.11 Å². The topological polar surface area (TPSA) is 131 Å². The zero-order valence-electron chi connectivity index (χ0n) is 23.2. The summed E-state index contributed by atoms with van der Waals surface area (Å²) in [5, 5.41) is 3.79. The first kappa shape index (κ1) is 29.5. The minimum atomic E-state index is -2.28. The smallest absolute Gasteiger partial charge is 0.330 e. The molecule has 1 aromatic rings. The third-order valence-electron chi connectivity index (χ3n) is 7.96. The molecule has 0 unspecified atom stereocenters. The van der Waals surface area contributed by atoms with Gasteiger partial charge in [0.25, 0.3) is 5.56 Å². The van der Waals surface area contributed by atoms with Gasteiger partial charge in [-0.25, -0.2) is 4.79 Å². The average molecular weight is 526 g/mol. The number of azide groups is 1. The summed E-state index contributed by atoms with van der Waals surface area (Å²) in [5.41, 5.74) is 7.52. The maximum Gasteiger partial charge on any atom is 0.330 e. The first-order chi connectivity index (χ1) is 15.8. The largest absolute Gasteiger partial charge is 0.414 e. The van der Waals surface area contributed by atoms with E-state index in [1.807, 2.05) is 0 Å². The fraction of sp³-hybridized carbons (Fsp3) is 0.826. The van der Waals surface area contributed by atoms with Gasteiger partial charge < -0.3 is 13.6 Å². The lowest BCUT2D eigenvalue weighted by Gasteiger charge is -2.44. The van der Waals surface area contributed by atoms with Crippen molar-refractivity contribution in [3.8, 4) is 0 Å². The van der Waals surface area contributed by atoms with Crippen molar-refractivity contribution in [1.29, 1.82) is 0 Å². The molecular formula is C23H43N5O5Si2. The molecular weight excluding hydrogens is 482 g/mol. The molecule has 0 amide bonds. The number of rotatable bonds is 8. The van der Waals surface area contributed by atoms with Gasteiger partial charge in [-0.2, -0.15) is 0 Å². The van der Waals surface area contributed by atoms with E-state index in [1.165, 1.54) is 10.8 Å². The fourth-order valence-corrected chi connectivity index (χ4v) is 5.85. The summed E-state index contributed by atoms with van der Waals surface area (Å²) in [6.45, 7) is 23.4. The number of H-pyrrole nitrogens is 1. The van der Waals surface area contributed by atoms with Gasteiger partial charge in [0.1, 0.15) is 11.8 Å². The number of aryl methyl sites for hydroxylation is 1. The summed E-state index contributed by atoms with van der Waals surface area (Å²) in [4.78, 5) is 30.0. The van der Waals surface area contributed by atoms with E-state index in [2.05, 4.69) is 82.7 Å². The Balaban J connectivity index is 2.59. The average Bonchev–Trinajstić information content (AvgIpc) is 3.03. The van der Waals surface area contributed by atoms with Gasteiger partial charge in [-0.3, -0.25) is 14.3 Å². The van der Waals surface area contributed by atoms with Crippen molar-refractivity contribution in [3.63, 3.8) is 0 Å². The first-order valence-corrected chi connectivity index (χ1v) is 17.9. The van der Waals surface area contributed by atoms with Crippen LogP contribution in [0.1, 0.15) is 59.8 Å². The maximum absolute atomic E-state index is 12.7. The molecule has 0 spiro atoms. The summed E-state index contributed by atoms with van der Waals surface area (Å²) in [5.74, 6) is 0. The SMILES string of the molecule is Cc1cn([C@H]2C[C@H](O[Si](C)(C)C(C)(C)C)[C@@](CN=[N+]=[N-])(CO[Si](C)(C)C(C)(C)C)O2)c(=O)[nH]c1=O. The van der Waals surface area contributed by atoms with Crippen LogP contribution in [0, 0.1) is 6.92 Å². The van der Waals surface area contributed by atoms with Crippen molar-refractivity contribution in [2.75, 3.05) is 13.2 Å². The van der Waals surface area contributed by atoms with Crippen LogP contribution in [-0.4, -0.2) is 51.0 Å². The number of hydrogen-bond acceptors (Lipinski definition) is 6. The molecule has 0 bridgehead atoms. The molecule has 1 aromatic heterocycles. The Kier molecular flexibility index (Phi) is 8.43. The standard InChI is InChI=1S/C23H43N5O5Si2/c1-16-13-28(20(30)26-19(16)29)18-12-17(33-35(10,11)22(5,6)7)23(32-18,14-25-27-24)15-31-34(8,9)21(2,3)4/h13,17-18H,12,14-15H2,1-11H3,(H,26,29,30)/t17-,18+,23+/m0/s1. The summed E-state index contributed by atoms with van der Waals surface area (Å²) in [6.07, 6.45) is 0.695. The number of ether oxygens (including phenoxy) is 1. The van der Waals surface area contributed by atoms with Gasteiger partial charge in [-0.1, -0.05) is 46.7 Å². The zero-order chi connectivity index (χ0) is 27.0. The molecule has 10 nitrogen and oxygen atoms in total. The molecule has 1 saturated heterocycles. The van der Waals surface area contributed by atoms with Crippen molar-refractivity contribution in [2.45, 2.75) is 109 Å². The summed E-state index contributed by atoms with van der Waals surface area (Å²) in [7, 11) is -4.46. The van der Waals surface area contributed by atoms with E-state index in [1.54, 1.807) is 6.92 Å². The van der Waals surface area contributed by atoms with E-state index >= 15 is 0 Å². The van der Waals surface area contributed by atoms with E-state index < -0.39 is 45.8 Å². The Morgan fingerprint density at radius 2 is 1.74 bits per heavy atom. The van der Waals surface area contributed by atoms with E-state index in [0.717, 1.165) is 0 Å². The molecule has 2 heterocycles. The van der Waals surface area contributed by atoms with Gasteiger partial charge in [0, 0.05) is 23.1 Å². The lowest BCUT2D eigenvalue weighted by Crippen LogP contribution is -2.56. The van der Waals surface area contributed by atoms with Crippen LogP contribution in [0.4, 0.5) is 0 Å². The van der Waals surface area contributed by atoms with Crippen LogP contribution in [0.3, 0.4) is 0 Å². The molecule has 0 aromatic carbocycles. The molecule has 0 radical (unpaired) electrons. The van der Waals surface area contributed by atoms with E-state index in [4.69, 9.17) is 13.6 Å². The second-order valence-corrected chi connectivity index (χ2v) is 22.2. The van der Waals surface area contributed by atoms with Crippen molar-refractivity contribution in [1.82, 2.24) is 9.55 Å². The maximum atomic E-state index is 12.7. The quantitative estimate of drug-likeness (QED) is 0.215. The first-order valence-electron chi connectivity index (χ1n) is 12.1. The van der Waals surface area contributed by atoms with E-state index in [0.29, 0.717) is 12.0 Å². The normalized spacial score (nSPS) is 23.9. The highest BCUT2D eigenvalue weighted by molar-refractivity contribution is 6.74. The van der Waals surface area contributed by atoms with Crippen LogP contribution in [0.5, 0.6) is 0 Å². The number of hydrogen-bond donors (Lipinski definition) is 1. The van der Waals surface area contributed by atoms with Gasteiger partial charge in [0.05, 0.1) is 19.3 Å². The van der Waals surface area contributed by atoms with Gasteiger partial charge in [-0.15, -0.1) is 0 Å². The molecule has 1 N–H and O–H groups in total. The number of aromatic nitrogens is 2. The minimum absolute atomic E-state index is 0.00496. The summed E-state index contributed by atoms with van der Waals surface area (Å²) >= 11 is 0. The van der Waals surface area contributed by atoms with E-state index in [9.17, 15) is 15.1 Å².